The van der Waals surface area contributed by atoms with E-state index in [1.165, 1.54) is 0 Å². The van der Waals surface area contributed by atoms with E-state index >= 15 is 0 Å². The smallest absolute Gasteiger partial charge is 0.330 e. The van der Waals surface area contributed by atoms with Crippen LogP contribution in [0.5, 0.6) is 11.5 Å². The quantitative estimate of drug-likeness (QED) is 0.0365. The number of fused-ring (bicyclic) bond motifs is 6. The van der Waals surface area contributed by atoms with Gasteiger partial charge in [-0.1, -0.05) is 13.2 Å². The molecule has 0 N–H and O–H groups in total. The van der Waals surface area contributed by atoms with E-state index in [1.54, 1.807) is 18.2 Å². The fourth-order valence-corrected chi connectivity index (χ4v) is 9.03. The molecular weight excluding hydrogens is 732 g/mol. The van der Waals surface area contributed by atoms with Crippen molar-refractivity contribution in [3.63, 3.8) is 0 Å². The van der Waals surface area contributed by atoms with Crippen molar-refractivity contribution in [3.05, 3.63) is 49.1 Å². The lowest BCUT2D eigenvalue weighted by Gasteiger charge is -2.50. The van der Waals surface area contributed by atoms with E-state index in [1.807, 2.05) is 6.92 Å². The normalized spacial score (nSPS) is 25.8. The average molecular weight is 793 g/mol. The van der Waals surface area contributed by atoms with E-state index in [9.17, 15) is 28.8 Å². The van der Waals surface area contributed by atoms with Gasteiger partial charge in [-0.15, -0.1) is 0 Å². The molecule has 12 nitrogen and oxygen atoms in total. The lowest BCUT2D eigenvalue weighted by Crippen LogP contribution is -2.51. The Morgan fingerprint density at radius 2 is 0.825 bits per heavy atom. The molecule has 1 aromatic carbocycles. The Morgan fingerprint density at radius 1 is 0.491 bits per heavy atom. The van der Waals surface area contributed by atoms with Gasteiger partial charge in [-0.2, -0.15) is 0 Å². The van der Waals surface area contributed by atoms with Crippen LogP contribution >= 0.6 is 0 Å². The van der Waals surface area contributed by atoms with Crippen LogP contribution in [0.3, 0.4) is 0 Å². The van der Waals surface area contributed by atoms with Crippen LogP contribution in [0, 0.1) is 28.6 Å². The van der Waals surface area contributed by atoms with E-state index in [0.29, 0.717) is 121 Å². The van der Waals surface area contributed by atoms with Crippen LogP contribution < -0.4 is 9.47 Å². The number of hydrogen-bond donors (Lipinski definition) is 0. The van der Waals surface area contributed by atoms with E-state index in [4.69, 9.17) is 28.4 Å². The highest BCUT2D eigenvalue weighted by atomic mass is 16.6. The summed E-state index contributed by atoms with van der Waals surface area (Å²) in [7, 11) is 0. The zero-order chi connectivity index (χ0) is 40.9. The minimum Gasteiger partial charge on any atom is -0.465 e. The van der Waals surface area contributed by atoms with Crippen LogP contribution in [-0.4, -0.2) is 62.2 Å². The summed E-state index contributed by atoms with van der Waals surface area (Å²) in [6, 6.07) is 5.05. The number of aryl methyl sites for hydroxylation is 1. The van der Waals surface area contributed by atoms with Gasteiger partial charge in [0.2, 0.25) is 0 Å². The number of ether oxygens (including phenoxy) is 6. The van der Waals surface area contributed by atoms with Crippen molar-refractivity contribution >= 4 is 35.8 Å². The number of benzene rings is 1. The molecular formula is C45H60O12. The average Bonchev–Trinajstić information content (AvgIpc) is 3.24. The minimum absolute atomic E-state index is 0.172. The highest BCUT2D eigenvalue weighted by molar-refractivity contribution is 5.84. The third-order valence-corrected chi connectivity index (χ3v) is 13.1. The van der Waals surface area contributed by atoms with Gasteiger partial charge in [0.15, 0.2) is 0 Å². The van der Waals surface area contributed by atoms with Crippen LogP contribution in [0.2, 0.25) is 0 Å². The maximum Gasteiger partial charge on any atom is 0.330 e. The van der Waals surface area contributed by atoms with E-state index in [-0.39, 0.29) is 23.9 Å². The summed E-state index contributed by atoms with van der Waals surface area (Å²) in [5, 5.41) is 0. The van der Waals surface area contributed by atoms with Crippen molar-refractivity contribution in [2.75, 3.05) is 26.4 Å². The largest absolute Gasteiger partial charge is 0.465 e. The third-order valence-electron chi connectivity index (χ3n) is 13.1. The van der Waals surface area contributed by atoms with Crippen LogP contribution in [0.1, 0.15) is 134 Å². The molecule has 0 saturated heterocycles. The van der Waals surface area contributed by atoms with Crippen molar-refractivity contribution in [2.24, 2.45) is 21.7 Å². The highest BCUT2D eigenvalue weighted by Crippen LogP contribution is 2.59. The molecule has 0 amide bonds. The van der Waals surface area contributed by atoms with Gasteiger partial charge in [0.05, 0.1) is 48.1 Å². The third kappa shape index (κ3) is 10.7. The Balaban J connectivity index is 1.01. The molecule has 6 aliphatic carbocycles. The Morgan fingerprint density at radius 3 is 1.18 bits per heavy atom. The van der Waals surface area contributed by atoms with Crippen molar-refractivity contribution in [2.45, 2.75) is 135 Å². The first-order valence-electron chi connectivity index (χ1n) is 20.9. The zero-order valence-corrected chi connectivity index (χ0v) is 33.7. The van der Waals surface area contributed by atoms with Crippen molar-refractivity contribution in [1.82, 2.24) is 0 Å². The van der Waals surface area contributed by atoms with Gasteiger partial charge in [0.1, 0.15) is 11.5 Å². The molecule has 0 aromatic heterocycles. The number of carbonyl (C=O) groups excluding carboxylic acids is 6. The summed E-state index contributed by atoms with van der Waals surface area (Å²) < 4.78 is 33.2. The molecule has 57 heavy (non-hydrogen) atoms. The Bertz CT molecular complexity index is 1610. The molecule has 312 valence electrons. The van der Waals surface area contributed by atoms with Crippen LogP contribution in [0.15, 0.2) is 43.5 Å². The van der Waals surface area contributed by atoms with Gasteiger partial charge in [-0.3, -0.25) is 19.2 Å². The lowest BCUT2D eigenvalue weighted by atomic mass is 9.53. The zero-order valence-electron chi connectivity index (χ0n) is 33.7. The molecule has 6 saturated carbocycles. The first kappa shape index (κ1) is 43.6. The molecule has 0 spiro atoms. The second-order valence-corrected chi connectivity index (χ2v) is 16.7. The lowest BCUT2D eigenvalue weighted by molar-refractivity contribution is -0.173. The summed E-state index contributed by atoms with van der Waals surface area (Å²) in [6.07, 6.45) is 15.7. The second kappa shape index (κ2) is 19.8. The van der Waals surface area contributed by atoms with Crippen molar-refractivity contribution < 1.29 is 57.2 Å². The van der Waals surface area contributed by atoms with E-state index < -0.39 is 33.6 Å². The molecule has 0 atom stereocenters. The SMILES string of the molecule is C=CC(=O)OCCCCCCOC(=O)C12CCC(C(=O)Oc3ccc(OC(=O)C45CCC(C(=O)OCCCCCCOC(=O)C=C)(CC4)CC5)c(C)c3)(CC1)CC2. The molecule has 0 unspecified atom stereocenters. The summed E-state index contributed by atoms with van der Waals surface area (Å²) >= 11 is 0. The standard InChI is InChI=1S/C45H60O12/c1-4-36(46)52-28-10-6-8-12-30-54-38(48)42-16-22-44(23-17-42,24-18-42)40(50)56-34-14-15-35(33(3)32-34)57-41(51)45-25-19-43(20-26-45,21-27-45)39(49)55-31-13-9-7-11-29-53-37(47)5-2/h4-5,14-15,32H,1-2,6-13,16-31H2,3H3. The molecule has 12 heteroatoms. The topological polar surface area (TPSA) is 158 Å². The fraction of sp³-hybridized carbons (Fsp3) is 0.644. The van der Waals surface area contributed by atoms with Gasteiger partial charge in [-0.05, 0) is 159 Å². The van der Waals surface area contributed by atoms with Gasteiger partial charge in [0.25, 0.3) is 0 Å². The molecule has 1 aromatic rings. The van der Waals surface area contributed by atoms with Crippen LogP contribution in [0.25, 0.3) is 0 Å². The van der Waals surface area contributed by atoms with Gasteiger partial charge < -0.3 is 28.4 Å². The first-order valence-corrected chi connectivity index (χ1v) is 20.9. The summed E-state index contributed by atoms with van der Waals surface area (Å²) in [4.78, 5) is 75.7. The molecule has 6 aliphatic rings. The number of hydrogen-bond acceptors (Lipinski definition) is 12. The Kier molecular flexibility index (Phi) is 15.1. The van der Waals surface area contributed by atoms with E-state index in [2.05, 4.69) is 13.2 Å². The van der Waals surface area contributed by atoms with Crippen molar-refractivity contribution in [3.8, 4) is 11.5 Å². The Hall–Kier alpha value is -4.48. The van der Waals surface area contributed by atoms with Crippen molar-refractivity contribution in [1.29, 1.82) is 0 Å². The van der Waals surface area contributed by atoms with Gasteiger partial charge in [-0.25, -0.2) is 9.59 Å². The summed E-state index contributed by atoms with van der Waals surface area (Å²) in [5.74, 6) is -0.962. The summed E-state index contributed by atoms with van der Waals surface area (Å²) in [6.45, 7) is 9.98. The predicted octanol–water partition coefficient (Wildman–Crippen LogP) is 8.15. The van der Waals surface area contributed by atoms with Gasteiger partial charge >= 0.3 is 35.8 Å². The fourth-order valence-electron chi connectivity index (χ4n) is 9.03. The molecule has 0 radical (unpaired) electrons. The van der Waals surface area contributed by atoms with E-state index in [0.717, 1.165) is 63.5 Å². The van der Waals surface area contributed by atoms with Gasteiger partial charge in [0, 0.05) is 12.2 Å². The Labute approximate surface area is 336 Å². The number of esters is 6. The molecule has 7 rings (SSSR count). The van der Waals surface area contributed by atoms with Crippen LogP contribution in [0.4, 0.5) is 0 Å². The monoisotopic (exact) mass is 792 g/mol. The second-order valence-electron chi connectivity index (χ2n) is 16.7. The molecule has 0 aliphatic heterocycles. The van der Waals surface area contributed by atoms with Crippen LogP contribution in [-0.2, 0) is 47.7 Å². The number of rotatable bonds is 22. The number of unbranched alkanes of at least 4 members (excludes halogenated alkanes) is 6. The minimum atomic E-state index is -0.637. The molecule has 4 bridgehead atoms. The summed E-state index contributed by atoms with van der Waals surface area (Å²) in [5.41, 5.74) is -1.69. The highest BCUT2D eigenvalue weighted by Gasteiger charge is 2.58. The maximum absolute atomic E-state index is 13.6. The number of carbonyl (C=O) groups is 6. The first-order chi connectivity index (χ1) is 27.4. The molecule has 6 fully saturated rings. The molecule has 0 heterocycles. The maximum atomic E-state index is 13.6. The predicted molar refractivity (Wildman–Crippen MR) is 209 cm³/mol.